The maximum absolute atomic E-state index is 12.5. The summed E-state index contributed by atoms with van der Waals surface area (Å²) in [5, 5.41) is 5.19. The molecule has 33 heavy (non-hydrogen) atoms. The summed E-state index contributed by atoms with van der Waals surface area (Å²) in [5.74, 6) is -1.44. The molecule has 0 aliphatic rings. The fourth-order valence-electron chi connectivity index (χ4n) is 2.85. The van der Waals surface area contributed by atoms with Gasteiger partial charge in [-0.25, -0.2) is 13.2 Å². The van der Waals surface area contributed by atoms with Crippen LogP contribution in [-0.4, -0.2) is 50.2 Å². The molecule has 2 N–H and O–H groups in total. The van der Waals surface area contributed by atoms with Gasteiger partial charge in [0, 0.05) is 37.5 Å². The van der Waals surface area contributed by atoms with E-state index < -0.39 is 28.5 Å². The zero-order valence-electron chi connectivity index (χ0n) is 18.7. The normalized spacial score (nSPS) is 11.4. The summed E-state index contributed by atoms with van der Waals surface area (Å²) in [4.78, 5) is 35.0. The highest BCUT2D eigenvalue weighted by Gasteiger charge is 2.20. The number of benzene rings is 2. The van der Waals surface area contributed by atoms with Gasteiger partial charge >= 0.3 is 5.97 Å². The Bertz CT molecular complexity index is 1110. The summed E-state index contributed by atoms with van der Waals surface area (Å²) in [6.07, 6.45) is 2.62. The van der Waals surface area contributed by atoms with Gasteiger partial charge in [0.15, 0.2) is 6.61 Å². The number of anilines is 2. The van der Waals surface area contributed by atoms with Gasteiger partial charge in [0.25, 0.3) is 5.91 Å². The highest BCUT2D eigenvalue weighted by molar-refractivity contribution is 7.89. The minimum Gasteiger partial charge on any atom is -0.452 e. The lowest BCUT2D eigenvalue weighted by Crippen LogP contribution is -2.30. The zero-order valence-corrected chi connectivity index (χ0v) is 19.5. The van der Waals surface area contributed by atoms with E-state index in [4.69, 9.17) is 4.74 Å². The van der Waals surface area contributed by atoms with Crippen LogP contribution in [-0.2, 0) is 29.1 Å². The van der Waals surface area contributed by atoms with E-state index in [2.05, 4.69) is 10.6 Å². The van der Waals surface area contributed by atoms with Crippen LogP contribution in [0.1, 0.15) is 26.3 Å². The third-order valence-corrected chi connectivity index (χ3v) is 6.53. The van der Waals surface area contributed by atoms with Gasteiger partial charge in [0.1, 0.15) is 0 Å². The average molecular weight is 474 g/mol. The van der Waals surface area contributed by atoms with E-state index >= 15 is 0 Å². The number of hydrogen-bond acceptors (Lipinski definition) is 6. The van der Waals surface area contributed by atoms with Crippen LogP contribution in [0.4, 0.5) is 11.4 Å². The van der Waals surface area contributed by atoms with Gasteiger partial charge in [0.2, 0.25) is 15.9 Å². The van der Waals surface area contributed by atoms with E-state index in [1.165, 1.54) is 29.4 Å². The van der Waals surface area contributed by atoms with Crippen molar-refractivity contribution in [2.45, 2.75) is 25.7 Å². The molecule has 2 rings (SSSR count). The summed E-state index contributed by atoms with van der Waals surface area (Å²) in [6.45, 7) is 5.22. The molecule has 0 spiro atoms. The van der Waals surface area contributed by atoms with Crippen LogP contribution in [0.3, 0.4) is 0 Å². The number of carbonyl (C=O) groups excluding carboxylic acids is 3. The maximum Gasteiger partial charge on any atom is 0.331 e. The molecule has 0 radical (unpaired) electrons. The molecular formula is C23H27N3O6S. The Balaban J connectivity index is 1.86. The fourth-order valence-corrected chi connectivity index (χ4v) is 4.31. The van der Waals surface area contributed by atoms with Gasteiger partial charge < -0.3 is 15.4 Å². The van der Waals surface area contributed by atoms with Crippen molar-refractivity contribution < 1.29 is 27.5 Å². The number of sulfonamides is 1. The number of carbonyl (C=O) groups is 3. The number of nitrogens with zero attached hydrogens (tertiary/aromatic N) is 1. The molecule has 176 valence electrons. The van der Waals surface area contributed by atoms with E-state index in [-0.39, 0.29) is 10.8 Å². The van der Waals surface area contributed by atoms with E-state index in [0.29, 0.717) is 30.0 Å². The summed E-state index contributed by atoms with van der Waals surface area (Å²) in [6, 6.07) is 12.6. The number of rotatable bonds is 10. The first-order chi connectivity index (χ1) is 15.6. The van der Waals surface area contributed by atoms with E-state index in [9.17, 15) is 22.8 Å². The topological polar surface area (TPSA) is 122 Å². The number of ether oxygens (including phenoxy) is 1. The number of nitrogens with one attached hydrogen (secondary N) is 2. The Hall–Kier alpha value is -3.50. The van der Waals surface area contributed by atoms with E-state index in [1.54, 1.807) is 50.2 Å². The number of amides is 2. The SMILES string of the molecule is CCN(CC)S(=O)(=O)c1ccc(C=CC(=O)OCC(=O)Nc2ccc(NC(C)=O)cc2)cc1. The molecule has 0 fully saturated rings. The summed E-state index contributed by atoms with van der Waals surface area (Å²) >= 11 is 0. The minimum absolute atomic E-state index is 0.174. The molecule has 2 aromatic rings. The summed E-state index contributed by atoms with van der Waals surface area (Å²) < 4.78 is 31.3. The fraction of sp³-hybridized carbons (Fsp3) is 0.261. The van der Waals surface area contributed by atoms with E-state index in [1.807, 2.05) is 0 Å². The second-order valence-corrected chi connectivity index (χ2v) is 8.84. The van der Waals surface area contributed by atoms with Crippen LogP contribution < -0.4 is 10.6 Å². The van der Waals surface area contributed by atoms with Crippen molar-refractivity contribution in [1.29, 1.82) is 0 Å². The highest BCUT2D eigenvalue weighted by Crippen LogP contribution is 2.17. The number of hydrogen-bond donors (Lipinski definition) is 2. The average Bonchev–Trinajstić information content (AvgIpc) is 2.78. The zero-order chi connectivity index (χ0) is 24.4. The molecule has 2 amide bonds. The third kappa shape index (κ3) is 7.85. The van der Waals surface area contributed by atoms with Crippen molar-refractivity contribution in [2.24, 2.45) is 0 Å². The first-order valence-corrected chi connectivity index (χ1v) is 11.7. The lowest BCUT2D eigenvalue weighted by atomic mass is 10.2. The quantitative estimate of drug-likeness (QED) is 0.404. The van der Waals surface area contributed by atoms with Crippen LogP contribution in [0.5, 0.6) is 0 Å². The molecule has 0 unspecified atom stereocenters. The molecule has 0 aromatic heterocycles. The largest absolute Gasteiger partial charge is 0.452 e. The molecule has 9 nitrogen and oxygen atoms in total. The second-order valence-electron chi connectivity index (χ2n) is 6.91. The summed E-state index contributed by atoms with van der Waals surface area (Å²) in [7, 11) is -3.55. The van der Waals surface area contributed by atoms with Crippen molar-refractivity contribution in [3.8, 4) is 0 Å². The third-order valence-electron chi connectivity index (χ3n) is 4.47. The van der Waals surface area contributed by atoms with Crippen molar-refractivity contribution in [3.63, 3.8) is 0 Å². The van der Waals surface area contributed by atoms with Crippen LogP contribution in [0.25, 0.3) is 6.08 Å². The minimum atomic E-state index is -3.55. The van der Waals surface area contributed by atoms with Crippen molar-refractivity contribution in [3.05, 3.63) is 60.2 Å². The van der Waals surface area contributed by atoms with Crippen molar-refractivity contribution in [1.82, 2.24) is 4.31 Å². The van der Waals surface area contributed by atoms with Crippen LogP contribution in [0.2, 0.25) is 0 Å². The first-order valence-electron chi connectivity index (χ1n) is 10.3. The molecule has 0 saturated carbocycles. The molecule has 0 heterocycles. The van der Waals surface area contributed by atoms with Crippen LogP contribution >= 0.6 is 0 Å². The van der Waals surface area contributed by atoms with Crippen molar-refractivity contribution in [2.75, 3.05) is 30.3 Å². The van der Waals surface area contributed by atoms with Crippen molar-refractivity contribution >= 4 is 45.3 Å². The highest BCUT2D eigenvalue weighted by atomic mass is 32.2. The van der Waals surface area contributed by atoms with Crippen LogP contribution in [0, 0.1) is 0 Å². The predicted molar refractivity (Wildman–Crippen MR) is 126 cm³/mol. The monoisotopic (exact) mass is 473 g/mol. The van der Waals surface area contributed by atoms with Gasteiger partial charge in [-0.05, 0) is 48.0 Å². The predicted octanol–water partition coefficient (Wildman–Crippen LogP) is 2.87. The molecule has 10 heteroatoms. The molecule has 0 aliphatic carbocycles. The molecule has 0 saturated heterocycles. The maximum atomic E-state index is 12.5. The molecule has 0 atom stereocenters. The Morgan fingerprint density at radius 2 is 1.45 bits per heavy atom. The van der Waals surface area contributed by atoms with Crippen LogP contribution in [0.15, 0.2) is 59.5 Å². The number of esters is 1. The molecule has 0 bridgehead atoms. The summed E-state index contributed by atoms with van der Waals surface area (Å²) in [5.41, 5.74) is 1.69. The Kier molecular flexibility index (Phi) is 9.31. The van der Waals surface area contributed by atoms with Gasteiger partial charge in [-0.1, -0.05) is 26.0 Å². The second kappa shape index (κ2) is 11.9. The molecule has 2 aromatic carbocycles. The van der Waals surface area contributed by atoms with Gasteiger partial charge in [-0.15, -0.1) is 0 Å². The lowest BCUT2D eigenvalue weighted by Gasteiger charge is -2.18. The first kappa shape index (κ1) is 25.8. The Labute approximate surface area is 193 Å². The molecule has 0 aliphatic heterocycles. The van der Waals surface area contributed by atoms with E-state index in [0.717, 1.165) is 6.08 Å². The van der Waals surface area contributed by atoms with Gasteiger partial charge in [0.05, 0.1) is 4.90 Å². The Morgan fingerprint density at radius 1 is 0.909 bits per heavy atom. The Morgan fingerprint density at radius 3 is 1.97 bits per heavy atom. The lowest BCUT2D eigenvalue weighted by molar-refractivity contribution is -0.142. The van der Waals surface area contributed by atoms with Gasteiger partial charge in [-0.3, -0.25) is 9.59 Å². The van der Waals surface area contributed by atoms with Gasteiger partial charge in [-0.2, -0.15) is 4.31 Å². The smallest absolute Gasteiger partial charge is 0.331 e. The molecular weight excluding hydrogens is 446 g/mol. The standard InChI is InChI=1S/C23H27N3O6S/c1-4-26(5-2)33(30,31)21-13-6-18(7-14-21)8-15-23(29)32-16-22(28)25-20-11-9-19(10-12-20)24-17(3)27/h6-15H,4-5,16H2,1-3H3,(H,24,27)(H,25,28).